The Hall–Kier alpha value is -4.20. The molecule has 0 bridgehead atoms. The van der Waals surface area contributed by atoms with E-state index in [9.17, 15) is 14.4 Å². The Bertz CT molecular complexity index is 1510. The molecule has 0 spiro atoms. The molecule has 0 atom stereocenters. The molecule has 2 N–H and O–H groups in total. The summed E-state index contributed by atoms with van der Waals surface area (Å²) in [7, 11) is 0. The van der Waals surface area contributed by atoms with Crippen molar-refractivity contribution in [2.24, 2.45) is 5.73 Å². The normalized spacial score (nSPS) is 13.4. The molecule has 2 aromatic heterocycles. The van der Waals surface area contributed by atoms with Crippen molar-refractivity contribution < 1.29 is 18.8 Å². The highest BCUT2D eigenvalue weighted by atomic mass is 32.2. The highest BCUT2D eigenvalue weighted by Crippen LogP contribution is 2.38. The monoisotopic (exact) mass is 472 g/mol. The minimum atomic E-state index is -0.830. The van der Waals surface area contributed by atoms with Gasteiger partial charge in [-0.2, -0.15) is 5.26 Å². The Labute approximate surface area is 194 Å². The number of hydrogen-bond donors (Lipinski definition) is 1. The Morgan fingerprint density at radius 1 is 1.12 bits per heavy atom. The summed E-state index contributed by atoms with van der Waals surface area (Å²) >= 11 is 2.66. The number of aromatic nitrogens is 1. The molecule has 0 saturated carbocycles. The van der Waals surface area contributed by atoms with E-state index in [4.69, 9.17) is 15.4 Å². The number of carbonyl (C=O) groups is 3. The smallest absolute Gasteiger partial charge is 0.266 e. The van der Waals surface area contributed by atoms with Crippen LogP contribution in [0.4, 0.5) is 5.69 Å². The fourth-order valence-corrected chi connectivity index (χ4v) is 5.35. The molecule has 5 rings (SSSR count). The van der Waals surface area contributed by atoms with Crippen LogP contribution < -0.4 is 10.6 Å². The number of nitrogens with two attached hydrogens (primary N) is 1. The van der Waals surface area contributed by atoms with Gasteiger partial charge in [0.05, 0.1) is 27.0 Å². The van der Waals surface area contributed by atoms with E-state index in [0.29, 0.717) is 32.0 Å². The Kier molecular flexibility index (Phi) is 5.05. The number of thiazole rings is 1. The molecule has 160 valence electrons. The molecule has 0 saturated heterocycles. The van der Waals surface area contributed by atoms with Crippen LogP contribution in [-0.2, 0) is 4.79 Å². The molecular weight excluding hydrogens is 460 g/mol. The highest BCUT2D eigenvalue weighted by Gasteiger charge is 2.36. The molecule has 33 heavy (non-hydrogen) atoms. The second-order valence-electron chi connectivity index (χ2n) is 6.92. The number of benzene rings is 2. The zero-order valence-electron chi connectivity index (χ0n) is 16.6. The van der Waals surface area contributed by atoms with Gasteiger partial charge in [0.1, 0.15) is 17.4 Å². The topological polar surface area (TPSA) is 130 Å². The van der Waals surface area contributed by atoms with E-state index in [2.05, 4.69) is 4.98 Å². The van der Waals surface area contributed by atoms with Gasteiger partial charge in [0, 0.05) is 6.08 Å². The number of rotatable bonds is 5. The van der Waals surface area contributed by atoms with Gasteiger partial charge >= 0.3 is 0 Å². The van der Waals surface area contributed by atoms with Crippen molar-refractivity contribution >= 4 is 62.8 Å². The predicted molar refractivity (Wildman–Crippen MR) is 123 cm³/mol. The molecular formula is C23H12N4O4S2. The van der Waals surface area contributed by atoms with E-state index in [1.807, 2.05) is 0 Å². The number of furan rings is 1. The average Bonchev–Trinajstić information content (AvgIpc) is 3.48. The largest absolute Gasteiger partial charge is 0.450 e. The minimum absolute atomic E-state index is 0.207. The second-order valence-corrected chi connectivity index (χ2v) is 9.20. The van der Waals surface area contributed by atoms with Crippen molar-refractivity contribution in [3.63, 3.8) is 0 Å². The first kappa shape index (κ1) is 20.7. The third-order valence-corrected chi connectivity index (χ3v) is 6.87. The number of nitriles is 1. The molecule has 1 aliphatic rings. The Morgan fingerprint density at radius 3 is 2.52 bits per heavy atom. The Balaban J connectivity index is 1.40. The van der Waals surface area contributed by atoms with Gasteiger partial charge in [0.25, 0.3) is 17.7 Å². The first-order chi connectivity index (χ1) is 15.9. The zero-order chi connectivity index (χ0) is 23.1. The standard InChI is InChI=1S/C23H12N4O4S2/c24-11-12(20(25)28)9-14-6-8-19(31-14)33-23-26-17-7-5-13(10-18(17)32-23)27-21(29)15-3-1-2-4-16(15)22(27)30/h1-10H,(H2,25,28)/b12-9+. The van der Waals surface area contributed by atoms with Crippen molar-refractivity contribution in [3.8, 4) is 6.07 Å². The lowest BCUT2D eigenvalue weighted by Crippen LogP contribution is -2.29. The minimum Gasteiger partial charge on any atom is -0.450 e. The molecule has 3 amide bonds. The SMILES string of the molecule is N#C/C(=C\c1ccc(Sc2nc3ccc(N4C(=O)c5ccccc5C4=O)cc3s2)o1)C(N)=O. The molecule has 10 heteroatoms. The number of imide groups is 1. The maximum absolute atomic E-state index is 12.8. The van der Waals surface area contributed by atoms with Gasteiger partial charge in [0.15, 0.2) is 9.43 Å². The summed E-state index contributed by atoms with van der Waals surface area (Å²) in [6.07, 6.45) is 1.28. The number of nitrogens with zero attached hydrogens (tertiary/aromatic N) is 3. The van der Waals surface area contributed by atoms with E-state index in [1.165, 1.54) is 34.1 Å². The van der Waals surface area contributed by atoms with Gasteiger partial charge < -0.3 is 10.2 Å². The van der Waals surface area contributed by atoms with Crippen LogP contribution >= 0.6 is 23.1 Å². The number of amides is 3. The summed E-state index contributed by atoms with van der Waals surface area (Å²) in [5, 5.41) is 9.46. The maximum Gasteiger partial charge on any atom is 0.266 e. The number of primary amides is 1. The third kappa shape index (κ3) is 3.69. The van der Waals surface area contributed by atoms with E-state index in [1.54, 1.807) is 60.7 Å². The lowest BCUT2D eigenvalue weighted by molar-refractivity contribution is -0.114. The molecule has 0 radical (unpaired) electrons. The predicted octanol–water partition coefficient (Wildman–Crippen LogP) is 4.23. The summed E-state index contributed by atoms with van der Waals surface area (Å²) in [5.74, 6) is -1.21. The molecule has 8 nitrogen and oxygen atoms in total. The van der Waals surface area contributed by atoms with Crippen LogP contribution in [-0.4, -0.2) is 22.7 Å². The summed E-state index contributed by atoms with van der Waals surface area (Å²) in [4.78, 5) is 42.4. The zero-order valence-corrected chi connectivity index (χ0v) is 18.3. The average molecular weight is 473 g/mol. The molecule has 3 heterocycles. The van der Waals surface area contributed by atoms with Crippen LogP contribution in [0.1, 0.15) is 26.5 Å². The number of hydrogen-bond acceptors (Lipinski definition) is 8. The first-order valence-corrected chi connectivity index (χ1v) is 11.2. The second kappa shape index (κ2) is 8.05. The van der Waals surface area contributed by atoms with Crippen molar-refractivity contribution in [3.05, 3.63) is 77.1 Å². The number of fused-ring (bicyclic) bond motifs is 2. The first-order valence-electron chi connectivity index (χ1n) is 9.52. The van der Waals surface area contributed by atoms with Gasteiger partial charge in [0.2, 0.25) is 0 Å². The van der Waals surface area contributed by atoms with Crippen LogP contribution in [0.15, 0.2) is 74.0 Å². The molecule has 4 aromatic rings. The van der Waals surface area contributed by atoms with E-state index in [0.717, 1.165) is 10.2 Å². The van der Waals surface area contributed by atoms with Crippen LogP contribution in [0, 0.1) is 11.3 Å². The summed E-state index contributed by atoms with van der Waals surface area (Å²) in [6.45, 7) is 0. The van der Waals surface area contributed by atoms with Crippen LogP contribution in [0.25, 0.3) is 16.3 Å². The summed E-state index contributed by atoms with van der Waals surface area (Å²) in [5.41, 5.74) is 6.91. The van der Waals surface area contributed by atoms with Crippen LogP contribution in [0.5, 0.6) is 0 Å². The highest BCUT2D eigenvalue weighted by molar-refractivity contribution is 8.01. The van der Waals surface area contributed by atoms with Crippen LogP contribution in [0.2, 0.25) is 0 Å². The fourth-order valence-electron chi connectivity index (χ4n) is 3.35. The Morgan fingerprint density at radius 2 is 1.85 bits per heavy atom. The van der Waals surface area contributed by atoms with Crippen molar-refractivity contribution in [1.29, 1.82) is 5.26 Å². The molecule has 2 aromatic carbocycles. The van der Waals surface area contributed by atoms with Crippen molar-refractivity contribution in [2.75, 3.05) is 4.90 Å². The van der Waals surface area contributed by atoms with Gasteiger partial charge in [-0.3, -0.25) is 14.4 Å². The lowest BCUT2D eigenvalue weighted by atomic mass is 10.1. The number of carbonyl (C=O) groups excluding carboxylic acids is 3. The quantitative estimate of drug-likeness (QED) is 0.261. The summed E-state index contributed by atoms with van der Waals surface area (Å²) < 4.78 is 7.12. The van der Waals surface area contributed by atoms with E-state index >= 15 is 0 Å². The third-order valence-electron chi connectivity index (χ3n) is 4.87. The molecule has 0 aliphatic carbocycles. The van der Waals surface area contributed by atoms with Gasteiger partial charge in [-0.25, -0.2) is 9.88 Å². The van der Waals surface area contributed by atoms with Crippen LogP contribution in [0.3, 0.4) is 0 Å². The van der Waals surface area contributed by atoms with Gasteiger partial charge in [-0.05, 0) is 54.2 Å². The van der Waals surface area contributed by atoms with Crippen molar-refractivity contribution in [1.82, 2.24) is 4.98 Å². The number of anilines is 1. The van der Waals surface area contributed by atoms with Gasteiger partial charge in [-0.15, -0.1) is 11.3 Å². The maximum atomic E-state index is 12.8. The van der Waals surface area contributed by atoms with E-state index in [-0.39, 0.29) is 17.4 Å². The van der Waals surface area contributed by atoms with E-state index < -0.39 is 5.91 Å². The molecule has 0 fully saturated rings. The molecule has 0 unspecified atom stereocenters. The van der Waals surface area contributed by atoms with Gasteiger partial charge in [-0.1, -0.05) is 12.1 Å². The van der Waals surface area contributed by atoms with Crippen molar-refractivity contribution in [2.45, 2.75) is 9.43 Å². The lowest BCUT2D eigenvalue weighted by Gasteiger charge is -2.13. The fraction of sp³-hybridized carbons (Fsp3) is 0. The summed E-state index contributed by atoms with van der Waals surface area (Å²) in [6, 6.07) is 17.0. The molecule has 1 aliphatic heterocycles.